The van der Waals surface area contributed by atoms with Crippen molar-refractivity contribution >= 4 is 0 Å². The van der Waals surface area contributed by atoms with Gasteiger partial charge in [-0.15, -0.1) is 0 Å². The summed E-state index contributed by atoms with van der Waals surface area (Å²) in [5, 5.41) is 0. The summed E-state index contributed by atoms with van der Waals surface area (Å²) in [5.74, 6) is -0.227. The van der Waals surface area contributed by atoms with E-state index in [1.807, 2.05) is 13.0 Å². The molecule has 0 bridgehead atoms. The van der Waals surface area contributed by atoms with Crippen LogP contribution in [-0.2, 0) is 0 Å². The molecule has 0 nitrogen and oxygen atoms in total. The maximum absolute atomic E-state index is 12.5. The molecule has 0 aliphatic carbocycles. The van der Waals surface area contributed by atoms with Crippen LogP contribution in [0.3, 0.4) is 0 Å². The van der Waals surface area contributed by atoms with Crippen LogP contribution >= 0.6 is 0 Å². The topological polar surface area (TPSA) is 0 Å². The summed E-state index contributed by atoms with van der Waals surface area (Å²) in [6.45, 7) is 5.34. The van der Waals surface area contributed by atoms with E-state index in [9.17, 15) is 4.39 Å². The maximum Gasteiger partial charge on any atom is 0.126 e. The fraction of sp³-hybridized carbons (Fsp3) is 0.125. The lowest BCUT2D eigenvalue weighted by molar-refractivity contribution is 0.621. The van der Waals surface area contributed by atoms with E-state index in [1.54, 1.807) is 6.07 Å². The smallest absolute Gasteiger partial charge is 0.126 e. The predicted octanol–water partition coefficient (Wildman–Crippen LogP) is 2.32. The first-order chi connectivity index (χ1) is 4.20. The highest BCUT2D eigenvalue weighted by molar-refractivity contribution is 5.24. The van der Waals surface area contributed by atoms with Crippen LogP contribution in [0.5, 0.6) is 0 Å². The highest BCUT2D eigenvalue weighted by atomic mass is 19.1. The van der Waals surface area contributed by atoms with Crippen molar-refractivity contribution in [1.29, 1.82) is 0 Å². The van der Waals surface area contributed by atoms with Crippen LogP contribution in [0.1, 0.15) is 11.1 Å². The summed E-state index contributed by atoms with van der Waals surface area (Å²) in [7, 11) is 0. The SMILES string of the molecule is [CH2]c1ccc(C)cc1F. The summed E-state index contributed by atoms with van der Waals surface area (Å²) in [4.78, 5) is 0. The Bertz CT molecular complexity index is 216. The van der Waals surface area contributed by atoms with Crippen LogP contribution < -0.4 is 0 Å². The van der Waals surface area contributed by atoms with Crippen molar-refractivity contribution in [2.45, 2.75) is 6.92 Å². The van der Waals surface area contributed by atoms with Gasteiger partial charge in [-0.25, -0.2) is 4.39 Å². The Balaban J connectivity index is 3.17. The maximum atomic E-state index is 12.5. The molecule has 1 rings (SSSR count). The molecule has 0 saturated heterocycles. The average Bonchev–Trinajstić information content (AvgIpc) is 1.80. The van der Waals surface area contributed by atoms with Crippen LogP contribution in [0.2, 0.25) is 0 Å². The molecule has 1 heteroatoms. The van der Waals surface area contributed by atoms with E-state index in [0.717, 1.165) is 5.56 Å². The zero-order chi connectivity index (χ0) is 6.85. The van der Waals surface area contributed by atoms with E-state index in [1.165, 1.54) is 6.07 Å². The molecule has 0 saturated carbocycles. The van der Waals surface area contributed by atoms with E-state index in [0.29, 0.717) is 5.56 Å². The molecule has 1 aromatic carbocycles. The Morgan fingerprint density at radius 3 is 2.56 bits per heavy atom. The Morgan fingerprint density at radius 2 is 2.11 bits per heavy atom. The molecule has 0 amide bonds. The van der Waals surface area contributed by atoms with Crippen molar-refractivity contribution in [1.82, 2.24) is 0 Å². The van der Waals surface area contributed by atoms with Gasteiger partial charge in [0, 0.05) is 0 Å². The Labute approximate surface area is 54.3 Å². The minimum Gasteiger partial charge on any atom is -0.207 e. The summed E-state index contributed by atoms with van der Waals surface area (Å²) in [5.41, 5.74) is 1.39. The normalized spacial score (nSPS) is 9.67. The number of rotatable bonds is 0. The Hall–Kier alpha value is -0.850. The van der Waals surface area contributed by atoms with E-state index in [2.05, 4.69) is 6.92 Å². The van der Waals surface area contributed by atoms with Gasteiger partial charge in [0.25, 0.3) is 0 Å². The molecule has 0 spiro atoms. The van der Waals surface area contributed by atoms with Crippen molar-refractivity contribution in [3.8, 4) is 0 Å². The van der Waals surface area contributed by atoms with Crippen LogP contribution in [0, 0.1) is 19.7 Å². The molecular formula is C8H8F. The van der Waals surface area contributed by atoms with Gasteiger partial charge in [-0.2, -0.15) is 0 Å². The van der Waals surface area contributed by atoms with Crippen LogP contribution in [0.4, 0.5) is 4.39 Å². The summed E-state index contributed by atoms with van der Waals surface area (Å²) >= 11 is 0. The largest absolute Gasteiger partial charge is 0.207 e. The van der Waals surface area contributed by atoms with Crippen molar-refractivity contribution in [3.05, 3.63) is 42.1 Å². The average molecular weight is 123 g/mol. The zero-order valence-corrected chi connectivity index (χ0v) is 5.32. The number of hydrogen-bond acceptors (Lipinski definition) is 0. The van der Waals surface area contributed by atoms with Gasteiger partial charge in [0.1, 0.15) is 5.82 Å². The van der Waals surface area contributed by atoms with E-state index < -0.39 is 0 Å². The second-order valence-electron chi connectivity index (χ2n) is 2.09. The standard InChI is InChI=1S/C8H8F/c1-6-3-4-7(2)8(9)5-6/h3-5H,2H2,1H3. The number of hydrogen-bond donors (Lipinski definition) is 0. The highest BCUT2D eigenvalue weighted by Crippen LogP contribution is 2.06. The quantitative estimate of drug-likeness (QED) is 0.496. The molecule has 0 aliphatic heterocycles. The first kappa shape index (κ1) is 6.27. The van der Waals surface area contributed by atoms with Gasteiger partial charge in [-0.3, -0.25) is 0 Å². The second-order valence-corrected chi connectivity index (χ2v) is 2.09. The van der Waals surface area contributed by atoms with Gasteiger partial charge in [0.05, 0.1) is 0 Å². The number of benzene rings is 1. The van der Waals surface area contributed by atoms with Crippen molar-refractivity contribution in [3.63, 3.8) is 0 Å². The van der Waals surface area contributed by atoms with Gasteiger partial charge >= 0.3 is 0 Å². The van der Waals surface area contributed by atoms with Crippen molar-refractivity contribution < 1.29 is 4.39 Å². The molecule has 1 radical (unpaired) electrons. The minimum absolute atomic E-state index is 0.227. The first-order valence-electron chi connectivity index (χ1n) is 2.78. The summed E-state index contributed by atoms with van der Waals surface area (Å²) in [6.07, 6.45) is 0. The fourth-order valence-corrected chi connectivity index (χ4v) is 0.652. The molecule has 0 unspecified atom stereocenters. The lowest BCUT2D eigenvalue weighted by Crippen LogP contribution is -1.81. The molecule has 0 N–H and O–H groups in total. The summed E-state index contributed by atoms with van der Waals surface area (Å²) in [6, 6.07) is 4.98. The third-order valence-corrected chi connectivity index (χ3v) is 1.21. The Morgan fingerprint density at radius 1 is 1.44 bits per heavy atom. The van der Waals surface area contributed by atoms with Gasteiger partial charge in [0.2, 0.25) is 0 Å². The van der Waals surface area contributed by atoms with E-state index in [4.69, 9.17) is 0 Å². The molecule has 9 heavy (non-hydrogen) atoms. The van der Waals surface area contributed by atoms with Crippen molar-refractivity contribution in [2.24, 2.45) is 0 Å². The van der Waals surface area contributed by atoms with Gasteiger partial charge < -0.3 is 0 Å². The predicted molar refractivity (Wildman–Crippen MR) is 35.6 cm³/mol. The summed E-state index contributed by atoms with van der Waals surface area (Å²) < 4.78 is 12.5. The van der Waals surface area contributed by atoms with Gasteiger partial charge in [-0.05, 0) is 31.0 Å². The minimum atomic E-state index is -0.227. The number of halogens is 1. The molecule has 0 heterocycles. The van der Waals surface area contributed by atoms with Gasteiger partial charge in [-0.1, -0.05) is 12.1 Å². The molecule has 0 aliphatic rings. The third-order valence-electron chi connectivity index (χ3n) is 1.21. The van der Waals surface area contributed by atoms with E-state index >= 15 is 0 Å². The highest BCUT2D eigenvalue weighted by Gasteiger charge is 1.93. The second kappa shape index (κ2) is 2.18. The van der Waals surface area contributed by atoms with Gasteiger partial charge in [0.15, 0.2) is 0 Å². The molecule has 47 valence electrons. The molecule has 1 aromatic rings. The Kier molecular flexibility index (Phi) is 1.52. The van der Waals surface area contributed by atoms with E-state index in [-0.39, 0.29) is 5.82 Å². The monoisotopic (exact) mass is 123 g/mol. The lowest BCUT2D eigenvalue weighted by atomic mass is 10.2. The van der Waals surface area contributed by atoms with Crippen molar-refractivity contribution in [2.75, 3.05) is 0 Å². The zero-order valence-electron chi connectivity index (χ0n) is 5.32. The third kappa shape index (κ3) is 1.28. The van der Waals surface area contributed by atoms with Crippen LogP contribution in [0.15, 0.2) is 18.2 Å². The lowest BCUT2D eigenvalue weighted by Gasteiger charge is -1.94. The molecule has 0 fully saturated rings. The van der Waals surface area contributed by atoms with Crippen LogP contribution in [0.25, 0.3) is 0 Å². The fourth-order valence-electron chi connectivity index (χ4n) is 0.652. The molecule has 0 atom stereocenters. The van der Waals surface area contributed by atoms with Crippen LogP contribution in [-0.4, -0.2) is 0 Å². The molecule has 0 aromatic heterocycles. The first-order valence-corrected chi connectivity index (χ1v) is 2.78. The molecular weight excluding hydrogens is 115 g/mol. The number of aryl methyl sites for hydroxylation is 1.